The molecule has 0 saturated carbocycles. The van der Waals surface area contributed by atoms with E-state index >= 15 is 0 Å². The van der Waals surface area contributed by atoms with E-state index in [4.69, 9.17) is 4.74 Å². The van der Waals surface area contributed by atoms with Crippen molar-refractivity contribution in [2.75, 3.05) is 26.2 Å². The van der Waals surface area contributed by atoms with Crippen LogP contribution in [0.2, 0.25) is 0 Å². The molecular formula is C22H46N2O3. The quantitative estimate of drug-likeness (QED) is 0.220. The van der Waals surface area contributed by atoms with Crippen molar-refractivity contribution in [3.63, 3.8) is 0 Å². The molecule has 0 aliphatic carbocycles. The van der Waals surface area contributed by atoms with Gasteiger partial charge in [0.2, 0.25) is 5.85 Å². The molecule has 0 bridgehead atoms. The third kappa shape index (κ3) is 9.79. The summed E-state index contributed by atoms with van der Waals surface area (Å²) in [5, 5.41) is 9.67. The molecule has 0 aromatic heterocycles. The molecule has 0 rings (SSSR count). The molecule has 1 N–H and O–H groups in total. The summed E-state index contributed by atoms with van der Waals surface area (Å²) in [5.74, 6) is -0.823. The van der Waals surface area contributed by atoms with E-state index in [2.05, 4.69) is 44.4 Å². The van der Waals surface area contributed by atoms with Gasteiger partial charge in [0, 0.05) is 32.6 Å². The molecule has 0 fully saturated rings. The van der Waals surface area contributed by atoms with Crippen molar-refractivity contribution in [3.8, 4) is 0 Å². The highest BCUT2D eigenvalue weighted by Gasteiger charge is 2.45. The average Bonchev–Trinajstić information content (AvgIpc) is 2.65. The number of hydrogen-bond acceptors (Lipinski definition) is 4. The first kappa shape index (κ1) is 26.2. The Morgan fingerprint density at radius 2 is 1.04 bits per heavy atom. The fourth-order valence-corrected chi connectivity index (χ4v) is 3.56. The maximum atomic E-state index is 11.8. The highest BCUT2D eigenvalue weighted by atomic mass is 16.7. The van der Waals surface area contributed by atoms with Crippen molar-refractivity contribution in [3.05, 3.63) is 0 Å². The van der Waals surface area contributed by atoms with E-state index in [-0.39, 0.29) is 0 Å². The van der Waals surface area contributed by atoms with Crippen LogP contribution in [0.25, 0.3) is 0 Å². The van der Waals surface area contributed by atoms with E-state index in [1.165, 1.54) is 0 Å². The van der Waals surface area contributed by atoms with Gasteiger partial charge in [-0.2, -0.15) is 0 Å². The molecule has 0 saturated heterocycles. The van der Waals surface area contributed by atoms with Crippen molar-refractivity contribution in [1.29, 1.82) is 0 Å². The molecular weight excluding hydrogens is 340 g/mol. The maximum Gasteiger partial charge on any atom is 0.508 e. The van der Waals surface area contributed by atoms with Crippen molar-refractivity contribution >= 4 is 6.16 Å². The first-order valence-electron chi connectivity index (χ1n) is 11.4. The molecule has 27 heavy (non-hydrogen) atoms. The van der Waals surface area contributed by atoms with Gasteiger partial charge in [-0.1, -0.05) is 66.7 Å². The Hall–Kier alpha value is -0.810. The van der Waals surface area contributed by atoms with Gasteiger partial charge in [0.05, 0.1) is 0 Å². The Bertz CT molecular complexity index is 327. The van der Waals surface area contributed by atoms with Gasteiger partial charge >= 0.3 is 6.16 Å². The van der Waals surface area contributed by atoms with Crippen LogP contribution in [0, 0.1) is 0 Å². The fourth-order valence-electron chi connectivity index (χ4n) is 3.56. The van der Waals surface area contributed by atoms with Crippen molar-refractivity contribution in [2.45, 2.75) is 111 Å². The molecule has 5 heteroatoms. The summed E-state index contributed by atoms with van der Waals surface area (Å²) < 4.78 is 5.82. The van der Waals surface area contributed by atoms with E-state index in [0.29, 0.717) is 0 Å². The van der Waals surface area contributed by atoms with Gasteiger partial charge in [-0.3, -0.25) is 9.80 Å². The summed E-state index contributed by atoms with van der Waals surface area (Å²) in [4.78, 5) is 16.5. The summed E-state index contributed by atoms with van der Waals surface area (Å²) in [6, 6.07) is 0. The molecule has 0 amide bonds. The summed E-state index contributed by atoms with van der Waals surface area (Å²) in [6.45, 7) is 14.5. The number of carbonyl (C=O) groups is 1. The average molecular weight is 387 g/mol. The second-order valence-corrected chi connectivity index (χ2v) is 7.60. The summed E-state index contributed by atoms with van der Waals surface area (Å²) in [7, 11) is 0. The molecule has 0 aromatic rings. The molecule has 162 valence electrons. The SMILES string of the molecule is CCCCN(CCCC)C(CCCC)(OC(=O)O)N(CCCC)CCCC. The Morgan fingerprint density at radius 3 is 1.30 bits per heavy atom. The molecule has 0 heterocycles. The van der Waals surface area contributed by atoms with Crippen LogP contribution in [-0.4, -0.2) is 53.1 Å². The molecule has 0 atom stereocenters. The monoisotopic (exact) mass is 386 g/mol. The first-order chi connectivity index (χ1) is 13.0. The normalized spacial score (nSPS) is 12.1. The van der Waals surface area contributed by atoms with Crippen LogP contribution < -0.4 is 0 Å². The zero-order chi connectivity index (χ0) is 20.5. The second kappa shape index (κ2) is 16.2. The zero-order valence-corrected chi connectivity index (χ0v) is 18.8. The first-order valence-corrected chi connectivity index (χ1v) is 11.4. The lowest BCUT2D eigenvalue weighted by molar-refractivity contribution is -0.229. The van der Waals surface area contributed by atoms with Gasteiger partial charge in [-0.05, 0) is 32.1 Å². The lowest BCUT2D eigenvalue weighted by atomic mass is 10.1. The van der Waals surface area contributed by atoms with E-state index in [9.17, 15) is 9.90 Å². The zero-order valence-electron chi connectivity index (χ0n) is 18.8. The highest BCUT2D eigenvalue weighted by molar-refractivity contribution is 5.57. The maximum absolute atomic E-state index is 11.8. The molecule has 0 aliphatic heterocycles. The van der Waals surface area contributed by atoms with E-state index in [0.717, 1.165) is 96.8 Å². The van der Waals surface area contributed by atoms with Gasteiger partial charge < -0.3 is 9.84 Å². The number of nitrogens with zero attached hydrogens (tertiary/aromatic N) is 2. The Labute approximate surface area is 168 Å². The minimum absolute atomic E-state index is 0.747. The van der Waals surface area contributed by atoms with Gasteiger partial charge in [0.1, 0.15) is 0 Å². The fraction of sp³-hybridized carbons (Fsp3) is 0.955. The predicted octanol–water partition coefficient (Wildman–Crippen LogP) is 6.33. The minimum Gasteiger partial charge on any atom is -0.450 e. The van der Waals surface area contributed by atoms with Crippen LogP contribution in [0.3, 0.4) is 0 Å². The Kier molecular flexibility index (Phi) is 15.7. The topological polar surface area (TPSA) is 53.0 Å². The van der Waals surface area contributed by atoms with Crippen LogP contribution in [0.4, 0.5) is 4.79 Å². The second-order valence-electron chi connectivity index (χ2n) is 7.60. The number of ether oxygens (including phenoxy) is 1. The van der Waals surface area contributed by atoms with Gasteiger partial charge in [0.25, 0.3) is 0 Å². The van der Waals surface area contributed by atoms with Crippen LogP contribution >= 0.6 is 0 Å². The lowest BCUT2D eigenvalue weighted by Crippen LogP contribution is -2.64. The van der Waals surface area contributed by atoms with Gasteiger partial charge in [-0.25, -0.2) is 4.79 Å². The molecule has 0 spiro atoms. The smallest absolute Gasteiger partial charge is 0.450 e. The third-order valence-corrected chi connectivity index (χ3v) is 5.22. The molecule has 0 aromatic carbocycles. The predicted molar refractivity (Wildman–Crippen MR) is 114 cm³/mol. The summed E-state index contributed by atoms with van der Waals surface area (Å²) in [5.41, 5.74) is 0. The number of carboxylic acid groups (broad SMARTS) is 1. The Balaban J connectivity index is 5.95. The van der Waals surface area contributed by atoms with Crippen LogP contribution in [-0.2, 0) is 4.74 Å². The third-order valence-electron chi connectivity index (χ3n) is 5.22. The van der Waals surface area contributed by atoms with Crippen LogP contribution in [0.1, 0.15) is 105 Å². The molecule has 0 radical (unpaired) electrons. The molecule has 0 unspecified atom stereocenters. The molecule has 5 nitrogen and oxygen atoms in total. The highest BCUT2D eigenvalue weighted by Crippen LogP contribution is 2.31. The van der Waals surface area contributed by atoms with E-state index < -0.39 is 12.0 Å². The number of hydrogen-bond donors (Lipinski definition) is 1. The lowest BCUT2D eigenvalue weighted by Gasteiger charge is -2.49. The van der Waals surface area contributed by atoms with Gasteiger partial charge in [-0.15, -0.1) is 0 Å². The van der Waals surface area contributed by atoms with Crippen molar-refractivity contribution in [1.82, 2.24) is 9.80 Å². The van der Waals surface area contributed by atoms with E-state index in [1.807, 2.05) is 0 Å². The molecule has 0 aliphatic rings. The standard InChI is InChI=1S/C22H46N2O3/c1-6-11-16-22(27-21(25)26,23(17-12-7-2)18-13-8-3)24(19-14-9-4)20-15-10-5/h6-20H2,1-5H3,(H,25,26). The van der Waals surface area contributed by atoms with Crippen LogP contribution in [0.5, 0.6) is 0 Å². The van der Waals surface area contributed by atoms with Crippen LogP contribution in [0.15, 0.2) is 0 Å². The summed E-state index contributed by atoms with van der Waals surface area (Å²) in [6.07, 6.45) is 10.3. The number of unbranched alkanes of at least 4 members (excludes halogenated alkanes) is 5. The summed E-state index contributed by atoms with van der Waals surface area (Å²) >= 11 is 0. The van der Waals surface area contributed by atoms with Crippen molar-refractivity contribution in [2.24, 2.45) is 0 Å². The largest absolute Gasteiger partial charge is 0.508 e. The number of rotatable bonds is 18. The van der Waals surface area contributed by atoms with Gasteiger partial charge in [0.15, 0.2) is 0 Å². The minimum atomic E-state index is -1.15. The van der Waals surface area contributed by atoms with Crippen molar-refractivity contribution < 1.29 is 14.6 Å². The van der Waals surface area contributed by atoms with E-state index in [1.54, 1.807) is 0 Å². The Morgan fingerprint density at radius 1 is 0.704 bits per heavy atom.